The van der Waals surface area contributed by atoms with E-state index >= 15 is 0 Å². The van der Waals surface area contributed by atoms with Crippen molar-refractivity contribution in [3.63, 3.8) is 0 Å². The number of carbonyl (C=O) groups is 2. The van der Waals surface area contributed by atoms with Gasteiger partial charge in [-0.15, -0.1) is 5.11 Å². The number of nitrogens with zero attached hydrogens (tertiary/aromatic N) is 5. The zero-order chi connectivity index (χ0) is 36.8. The van der Waals surface area contributed by atoms with E-state index in [-0.39, 0.29) is 38.1 Å². The zero-order valence-electron chi connectivity index (χ0n) is 29.3. The predicted molar refractivity (Wildman–Crippen MR) is 193 cm³/mol. The second-order valence-electron chi connectivity index (χ2n) is 12.2. The molecular formula is C38H41FN6O6. The summed E-state index contributed by atoms with van der Waals surface area (Å²) in [5, 5.41) is 18.6. The van der Waals surface area contributed by atoms with E-state index in [9.17, 15) is 14.0 Å². The van der Waals surface area contributed by atoms with Crippen molar-refractivity contribution >= 4 is 46.1 Å². The number of benzene rings is 4. The minimum Gasteiger partial charge on any atom is -0.490 e. The third-order valence-corrected chi connectivity index (χ3v) is 6.84. The van der Waals surface area contributed by atoms with Gasteiger partial charge in [0.05, 0.1) is 33.9 Å². The number of ether oxygens (including phenoxy) is 4. The first-order valence-corrected chi connectivity index (χ1v) is 16.1. The Bertz CT molecular complexity index is 1840. The SMILES string of the molecule is C=C(C)C(=O)OCCOc1ccc(/N=N/c2ccc(N(C)Nc3ccc(/N=N/c4ccc(OCCOC(=O)C(C)(C)C)cc4F)cc3)cc2)cc1. The van der Waals surface area contributed by atoms with Gasteiger partial charge in [0, 0.05) is 18.7 Å². The van der Waals surface area contributed by atoms with Crippen LogP contribution in [0.5, 0.6) is 11.5 Å². The molecule has 0 saturated heterocycles. The number of azo groups is 2. The van der Waals surface area contributed by atoms with Crippen LogP contribution in [0.1, 0.15) is 27.7 Å². The third-order valence-electron chi connectivity index (χ3n) is 6.84. The summed E-state index contributed by atoms with van der Waals surface area (Å²) in [5.41, 5.74) is 6.67. The lowest BCUT2D eigenvalue weighted by atomic mass is 9.97. The number of halogens is 1. The minimum atomic E-state index is -0.600. The van der Waals surface area contributed by atoms with Crippen LogP contribution in [0.2, 0.25) is 0 Å². The maximum Gasteiger partial charge on any atom is 0.333 e. The average Bonchev–Trinajstić information content (AvgIpc) is 3.11. The van der Waals surface area contributed by atoms with Crippen molar-refractivity contribution in [1.82, 2.24) is 0 Å². The van der Waals surface area contributed by atoms with E-state index < -0.39 is 17.2 Å². The Labute approximate surface area is 296 Å². The molecule has 0 aromatic heterocycles. The summed E-state index contributed by atoms with van der Waals surface area (Å²) in [6.45, 7) is 10.9. The van der Waals surface area contributed by atoms with E-state index in [2.05, 4.69) is 32.5 Å². The molecule has 0 radical (unpaired) electrons. The lowest BCUT2D eigenvalue weighted by Gasteiger charge is -2.21. The molecular weight excluding hydrogens is 655 g/mol. The van der Waals surface area contributed by atoms with Gasteiger partial charge in [0.25, 0.3) is 0 Å². The molecule has 13 heteroatoms. The molecule has 0 aliphatic rings. The van der Waals surface area contributed by atoms with Crippen molar-refractivity contribution in [2.75, 3.05) is 43.9 Å². The summed E-state index contributed by atoms with van der Waals surface area (Å²) in [6.07, 6.45) is 0. The van der Waals surface area contributed by atoms with Gasteiger partial charge in [0.2, 0.25) is 0 Å². The quantitative estimate of drug-likeness (QED) is 0.0402. The molecule has 0 amide bonds. The van der Waals surface area contributed by atoms with Crippen LogP contribution in [0.15, 0.2) is 124 Å². The Morgan fingerprint density at radius 1 is 0.725 bits per heavy atom. The molecule has 4 rings (SSSR count). The van der Waals surface area contributed by atoms with Crippen LogP contribution >= 0.6 is 0 Å². The highest BCUT2D eigenvalue weighted by atomic mass is 19.1. The van der Waals surface area contributed by atoms with Crippen molar-refractivity contribution < 1.29 is 32.9 Å². The maximum atomic E-state index is 14.6. The molecule has 4 aromatic carbocycles. The first kappa shape index (κ1) is 37.7. The van der Waals surface area contributed by atoms with Crippen LogP contribution in [0.25, 0.3) is 0 Å². The number of carbonyl (C=O) groups excluding carboxylic acids is 2. The number of hydrogen-bond donors (Lipinski definition) is 1. The molecule has 0 spiro atoms. The summed E-state index contributed by atoms with van der Waals surface area (Å²) in [4.78, 5) is 23.2. The van der Waals surface area contributed by atoms with Gasteiger partial charge < -0.3 is 18.9 Å². The molecule has 0 unspecified atom stereocenters. The number of hydrogen-bond acceptors (Lipinski definition) is 12. The van der Waals surface area contributed by atoms with E-state index in [1.807, 2.05) is 48.5 Å². The number of nitrogens with one attached hydrogen (secondary N) is 1. The van der Waals surface area contributed by atoms with Crippen molar-refractivity contribution in [2.45, 2.75) is 27.7 Å². The standard InChI is InChI=1S/C38H41FN6O6/c1-26(2)36(46)50-23-21-48-32-17-13-29(14-18-32)41-40-28-11-15-31(16-12-28)45(6)44-30-9-7-27(8-10-30)42-43-35-20-19-33(25-34(35)39)49-22-24-51-37(47)38(3,4)5/h7-20,25,44H,1,21-24H2,2-6H3/b41-40+,43-42+. The fourth-order valence-corrected chi connectivity index (χ4v) is 4.03. The summed E-state index contributed by atoms with van der Waals surface area (Å²) in [6, 6.07) is 26.1. The molecule has 1 N–H and O–H groups in total. The van der Waals surface area contributed by atoms with Gasteiger partial charge in [-0.3, -0.25) is 15.2 Å². The van der Waals surface area contributed by atoms with Crippen LogP contribution in [0, 0.1) is 11.2 Å². The normalized spacial score (nSPS) is 11.3. The first-order valence-electron chi connectivity index (χ1n) is 16.1. The van der Waals surface area contributed by atoms with Gasteiger partial charge in [-0.25, -0.2) is 9.18 Å². The summed E-state index contributed by atoms with van der Waals surface area (Å²) in [7, 11) is 1.88. The molecule has 266 valence electrons. The monoisotopic (exact) mass is 696 g/mol. The lowest BCUT2D eigenvalue weighted by molar-refractivity contribution is -0.153. The molecule has 0 heterocycles. The van der Waals surface area contributed by atoms with E-state index in [1.165, 1.54) is 12.1 Å². The molecule has 51 heavy (non-hydrogen) atoms. The van der Waals surface area contributed by atoms with Crippen molar-refractivity contribution in [1.29, 1.82) is 0 Å². The molecule has 0 atom stereocenters. The van der Waals surface area contributed by atoms with E-state index in [0.29, 0.717) is 34.1 Å². The van der Waals surface area contributed by atoms with Crippen LogP contribution in [-0.4, -0.2) is 45.4 Å². The average molecular weight is 697 g/mol. The van der Waals surface area contributed by atoms with E-state index in [0.717, 1.165) is 11.4 Å². The summed E-state index contributed by atoms with van der Waals surface area (Å²) in [5.74, 6) is -0.447. The molecule has 0 aliphatic carbocycles. The summed E-state index contributed by atoms with van der Waals surface area (Å²) < 4.78 is 35.8. The molecule has 0 fully saturated rings. The first-order chi connectivity index (χ1) is 24.4. The number of hydrazine groups is 1. The topological polar surface area (TPSA) is 136 Å². The van der Waals surface area contributed by atoms with Crippen molar-refractivity contribution in [2.24, 2.45) is 25.9 Å². The van der Waals surface area contributed by atoms with Crippen LogP contribution in [-0.2, 0) is 19.1 Å². The fraction of sp³-hybridized carbons (Fsp3) is 0.263. The van der Waals surface area contributed by atoms with Crippen molar-refractivity contribution in [3.8, 4) is 11.5 Å². The van der Waals surface area contributed by atoms with Gasteiger partial charge in [-0.2, -0.15) is 15.3 Å². The van der Waals surface area contributed by atoms with Gasteiger partial charge >= 0.3 is 11.9 Å². The van der Waals surface area contributed by atoms with Crippen LogP contribution in [0.4, 0.5) is 38.5 Å². The lowest BCUT2D eigenvalue weighted by Crippen LogP contribution is -2.24. The highest BCUT2D eigenvalue weighted by molar-refractivity contribution is 5.86. The Morgan fingerprint density at radius 2 is 1.24 bits per heavy atom. The largest absolute Gasteiger partial charge is 0.490 e. The van der Waals surface area contributed by atoms with Gasteiger partial charge in [-0.05, 0) is 113 Å². The van der Waals surface area contributed by atoms with Gasteiger partial charge in [0.1, 0.15) is 43.6 Å². The number of esters is 2. The number of rotatable bonds is 16. The van der Waals surface area contributed by atoms with E-state index in [1.54, 1.807) is 70.2 Å². The second kappa shape index (κ2) is 18.0. The minimum absolute atomic E-state index is 0.0615. The van der Waals surface area contributed by atoms with Crippen LogP contribution < -0.4 is 19.9 Å². The third kappa shape index (κ3) is 12.4. The number of anilines is 2. The molecule has 0 bridgehead atoms. The second-order valence-corrected chi connectivity index (χ2v) is 12.2. The molecule has 12 nitrogen and oxygen atoms in total. The molecule has 0 aliphatic heterocycles. The zero-order valence-corrected chi connectivity index (χ0v) is 29.3. The van der Waals surface area contributed by atoms with E-state index in [4.69, 9.17) is 18.9 Å². The van der Waals surface area contributed by atoms with Crippen molar-refractivity contribution in [3.05, 3.63) is 109 Å². The highest BCUT2D eigenvalue weighted by Crippen LogP contribution is 2.27. The van der Waals surface area contributed by atoms with Gasteiger partial charge in [-0.1, -0.05) is 6.58 Å². The Kier molecular flexibility index (Phi) is 13.3. The smallest absolute Gasteiger partial charge is 0.333 e. The molecule has 4 aromatic rings. The highest BCUT2D eigenvalue weighted by Gasteiger charge is 2.22. The fourth-order valence-electron chi connectivity index (χ4n) is 4.03. The molecule has 0 saturated carbocycles. The Morgan fingerprint density at radius 3 is 1.80 bits per heavy atom. The maximum absolute atomic E-state index is 14.6. The van der Waals surface area contributed by atoms with Gasteiger partial charge in [0.15, 0.2) is 5.82 Å². The Balaban J connectivity index is 1.21. The van der Waals surface area contributed by atoms with Crippen LogP contribution in [0.3, 0.4) is 0 Å². The Hall–Kier alpha value is -6.11. The predicted octanol–water partition coefficient (Wildman–Crippen LogP) is 9.59. The summed E-state index contributed by atoms with van der Waals surface area (Å²) >= 11 is 0.